The number of rotatable bonds is 4. The fraction of sp³-hybridized carbons (Fsp3) is 0.550. The molecule has 3 nitrogen and oxygen atoms in total. The molecule has 0 saturated heterocycles. The lowest BCUT2D eigenvalue weighted by molar-refractivity contribution is 0.588. The van der Waals surface area contributed by atoms with E-state index in [-0.39, 0.29) is 12.4 Å². The van der Waals surface area contributed by atoms with Crippen LogP contribution < -0.4 is 0 Å². The highest BCUT2D eigenvalue weighted by Gasteiger charge is 2.14. The second kappa shape index (κ2) is 8.57. The summed E-state index contributed by atoms with van der Waals surface area (Å²) in [7, 11) is 0. The molecule has 2 aromatic heterocycles. The Kier molecular flexibility index (Phi) is 6.73. The first kappa shape index (κ1) is 18.9. The number of halogens is 1. The summed E-state index contributed by atoms with van der Waals surface area (Å²) in [5.74, 6) is 0. The third-order valence-electron chi connectivity index (χ3n) is 5.26. The van der Waals surface area contributed by atoms with E-state index >= 15 is 0 Å². The summed E-state index contributed by atoms with van der Waals surface area (Å²) >= 11 is 0. The van der Waals surface area contributed by atoms with E-state index in [1.54, 1.807) is 0 Å². The zero-order valence-electron chi connectivity index (χ0n) is 15.1. The topological polar surface area (TPSA) is 43.9 Å². The van der Waals surface area contributed by atoms with Crippen LogP contribution in [-0.4, -0.2) is 22.2 Å². The van der Waals surface area contributed by atoms with Crippen molar-refractivity contribution in [1.29, 1.82) is 0 Å². The first-order valence-corrected chi connectivity index (χ1v) is 9.09. The molecular weight excluding hydrogens is 318 g/mol. The van der Waals surface area contributed by atoms with E-state index in [0.29, 0.717) is 6.04 Å². The molecule has 0 aromatic carbocycles. The molecule has 0 aliphatic heterocycles. The molecule has 0 atom stereocenters. The van der Waals surface area contributed by atoms with Crippen LogP contribution in [0.4, 0.5) is 0 Å². The second-order valence-corrected chi connectivity index (χ2v) is 6.86. The van der Waals surface area contributed by atoms with Crippen molar-refractivity contribution in [2.45, 2.75) is 71.8 Å². The number of aromatic amines is 2. The standard InChI is InChI=1S/C20H29N3.ClH/c1-4-16-11-18(22-12-16)20-15(3)14(2)19(23-20)13-21-17-9-7-5-6-8-10-17;/h11-13,17,22-23H,4-10H2,1-3H3;1H. The Labute approximate surface area is 151 Å². The molecular formula is C20H30ClN3. The fourth-order valence-electron chi connectivity index (χ4n) is 3.48. The van der Waals surface area contributed by atoms with Crippen LogP contribution in [0.3, 0.4) is 0 Å². The summed E-state index contributed by atoms with van der Waals surface area (Å²) in [4.78, 5) is 11.8. The summed E-state index contributed by atoms with van der Waals surface area (Å²) in [6, 6.07) is 2.76. The minimum atomic E-state index is 0. The summed E-state index contributed by atoms with van der Waals surface area (Å²) in [6.45, 7) is 6.56. The number of aromatic nitrogens is 2. The van der Waals surface area contributed by atoms with Gasteiger partial charge in [0.2, 0.25) is 0 Å². The average molecular weight is 348 g/mol. The van der Waals surface area contributed by atoms with E-state index in [9.17, 15) is 0 Å². The molecule has 0 amide bonds. The number of nitrogens with one attached hydrogen (secondary N) is 2. The first-order chi connectivity index (χ1) is 11.2. The Morgan fingerprint density at radius 2 is 1.83 bits per heavy atom. The van der Waals surface area contributed by atoms with Gasteiger partial charge in [-0.1, -0.05) is 32.6 Å². The fourth-order valence-corrected chi connectivity index (χ4v) is 3.48. The van der Waals surface area contributed by atoms with E-state index in [1.165, 1.54) is 66.6 Å². The van der Waals surface area contributed by atoms with E-state index in [2.05, 4.69) is 49.2 Å². The van der Waals surface area contributed by atoms with Crippen LogP contribution in [0.2, 0.25) is 0 Å². The quantitative estimate of drug-likeness (QED) is 0.522. The highest BCUT2D eigenvalue weighted by molar-refractivity contribution is 5.85. The molecule has 0 spiro atoms. The van der Waals surface area contributed by atoms with E-state index in [0.717, 1.165) is 12.1 Å². The molecule has 0 unspecified atom stereocenters. The van der Waals surface area contributed by atoms with Gasteiger partial charge >= 0.3 is 0 Å². The molecule has 0 radical (unpaired) electrons. The molecule has 4 heteroatoms. The predicted octanol–water partition coefficient (Wildman–Crippen LogP) is 5.75. The van der Waals surface area contributed by atoms with Crippen molar-refractivity contribution >= 4 is 18.6 Å². The van der Waals surface area contributed by atoms with Crippen molar-refractivity contribution < 1.29 is 0 Å². The molecule has 24 heavy (non-hydrogen) atoms. The van der Waals surface area contributed by atoms with Gasteiger partial charge in [0.05, 0.1) is 23.1 Å². The molecule has 1 fully saturated rings. The number of aryl methyl sites for hydroxylation is 1. The van der Waals surface area contributed by atoms with Gasteiger partial charge in [0.15, 0.2) is 0 Å². The molecule has 1 saturated carbocycles. The number of nitrogens with zero attached hydrogens (tertiary/aromatic N) is 1. The van der Waals surface area contributed by atoms with Crippen molar-refractivity contribution in [1.82, 2.24) is 9.97 Å². The maximum atomic E-state index is 4.88. The van der Waals surface area contributed by atoms with Gasteiger partial charge in [0, 0.05) is 12.4 Å². The van der Waals surface area contributed by atoms with Gasteiger partial charge in [-0.2, -0.15) is 0 Å². The number of H-pyrrole nitrogens is 2. The van der Waals surface area contributed by atoms with Crippen molar-refractivity contribution in [2.24, 2.45) is 4.99 Å². The van der Waals surface area contributed by atoms with Gasteiger partial charge in [-0.3, -0.25) is 4.99 Å². The first-order valence-electron chi connectivity index (χ1n) is 9.09. The Morgan fingerprint density at radius 3 is 2.46 bits per heavy atom. The molecule has 1 aliphatic rings. The maximum absolute atomic E-state index is 4.88. The Balaban J connectivity index is 0.00000208. The monoisotopic (exact) mass is 347 g/mol. The third-order valence-corrected chi connectivity index (χ3v) is 5.26. The van der Waals surface area contributed by atoms with E-state index in [1.807, 2.05) is 0 Å². The summed E-state index contributed by atoms with van der Waals surface area (Å²) in [6.07, 6.45) is 13.2. The van der Waals surface area contributed by atoms with Crippen molar-refractivity contribution in [3.63, 3.8) is 0 Å². The minimum Gasteiger partial charge on any atom is -0.360 e. The van der Waals surface area contributed by atoms with Gasteiger partial charge in [0.1, 0.15) is 0 Å². The van der Waals surface area contributed by atoms with Crippen molar-refractivity contribution in [2.75, 3.05) is 0 Å². The lowest BCUT2D eigenvalue weighted by Crippen LogP contribution is -2.03. The molecule has 2 heterocycles. The van der Waals surface area contributed by atoms with E-state index in [4.69, 9.17) is 4.99 Å². The Morgan fingerprint density at radius 1 is 1.12 bits per heavy atom. The van der Waals surface area contributed by atoms with Gasteiger partial charge in [-0.15, -0.1) is 12.4 Å². The van der Waals surface area contributed by atoms with Gasteiger partial charge < -0.3 is 9.97 Å². The third kappa shape index (κ3) is 4.13. The van der Waals surface area contributed by atoms with Crippen LogP contribution >= 0.6 is 12.4 Å². The highest BCUT2D eigenvalue weighted by atomic mass is 35.5. The summed E-state index contributed by atoms with van der Waals surface area (Å²) in [5, 5.41) is 0. The van der Waals surface area contributed by atoms with Gasteiger partial charge in [-0.25, -0.2) is 0 Å². The largest absolute Gasteiger partial charge is 0.360 e. The van der Waals surface area contributed by atoms with Crippen LogP contribution in [0, 0.1) is 13.8 Å². The lowest BCUT2D eigenvalue weighted by atomic mass is 10.1. The van der Waals surface area contributed by atoms with Crippen LogP contribution in [0.15, 0.2) is 17.3 Å². The molecule has 132 valence electrons. The number of hydrogen-bond donors (Lipinski definition) is 2. The van der Waals surface area contributed by atoms with Crippen molar-refractivity contribution in [3.8, 4) is 11.4 Å². The van der Waals surface area contributed by atoms with Crippen LogP contribution in [0.5, 0.6) is 0 Å². The minimum absolute atomic E-state index is 0. The van der Waals surface area contributed by atoms with Crippen LogP contribution in [0.1, 0.15) is 67.8 Å². The molecule has 2 N–H and O–H groups in total. The van der Waals surface area contributed by atoms with E-state index < -0.39 is 0 Å². The SMILES string of the molecule is CCc1c[nH]c(-c2[nH]c(C=NC3CCCCCC3)c(C)c2C)c1.Cl. The van der Waals surface area contributed by atoms with Crippen LogP contribution in [0.25, 0.3) is 11.4 Å². The second-order valence-electron chi connectivity index (χ2n) is 6.86. The summed E-state index contributed by atoms with van der Waals surface area (Å²) in [5.41, 5.74) is 7.51. The van der Waals surface area contributed by atoms with Crippen LogP contribution in [-0.2, 0) is 6.42 Å². The molecule has 1 aliphatic carbocycles. The Hall–Kier alpha value is -1.48. The number of aliphatic imine (C=N–C) groups is 1. The van der Waals surface area contributed by atoms with Crippen molar-refractivity contribution in [3.05, 3.63) is 34.6 Å². The zero-order valence-corrected chi connectivity index (χ0v) is 15.9. The molecule has 3 rings (SSSR count). The van der Waals surface area contributed by atoms with Gasteiger partial charge in [-0.05, 0) is 55.9 Å². The van der Waals surface area contributed by atoms with Gasteiger partial charge in [0.25, 0.3) is 0 Å². The average Bonchev–Trinajstić information content (AvgIpc) is 3.03. The predicted molar refractivity (Wildman–Crippen MR) is 106 cm³/mol. The molecule has 0 bridgehead atoms. The zero-order chi connectivity index (χ0) is 16.2. The Bertz CT molecular complexity index is 673. The highest BCUT2D eigenvalue weighted by Crippen LogP contribution is 2.27. The smallest absolute Gasteiger partial charge is 0.0657 e. The molecule has 2 aromatic rings. The summed E-state index contributed by atoms with van der Waals surface area (Å²) < 4.78 is 0. The normalized spacial score (nSPS) is 16.3. The lowest BCUT2D eigenvalue weighted by Gasteiger charge is -2.07. The number of hydrogen-bond acceptors (Lipinski definition) is 1. The maximum Gasteiger partial charge on any atom is 0.0657 e.